The minimum atomic E-state index is -1.53. The molecule has 1 aliphatic heterocycles. The summed E-state index contributed by atoms with van der Waals surface area (Å²) in [6, 6.07) is 0. The summed E-state index contributed by atoms with van der Waals surface area (Å²) in [5, 5.41) is 0. The first-order valence-electron chi connectivity index (χ1n) is 5.32. The molecule has 6 nitrogen and oxygen atoms in total. The number of ether oxygens (including phenoxy) is 3. The highest BCUT2D eigenvalue weighted by Crippen LogP contribution is 2.58. The van der Waals surface area contributed by atoms with Crippen LogP contribution in [0.3, 0.4) is 0 Å². The van der Waals surface area contributed by atoms with Crippen LogP contribution in [0.25, 0.3) is 0 Å². The number of rotatable bonds is 2. The summed E-state index contributed by atoms with van der Waals surface area (Å²) in [6.45, 7) is 1.71. The number of hydrogen-bond donors (Lipinski definition) is 0. The van der Waals surface area contributed by atoms with E-state index in [-0.39, 0.29) is 6.42 Å². The molecule has 17 heavy (non-hydrogen) atoms. The number of hydrogen-bond acceptors (Lipinski definition) is 6. The molecular formula is C11H14O6. The summed E-state index contributed by atoms with van der Waals surface area (Å²) in [5.41, 5.74) is -2.28. The molecule has 0 bridgehead atoms. The van der Waals surface area contributed by atoms with Gasteiger partial charge in [-0.25, -0.2) is 0 Å². The van der Waals surface area contributed by atoms with Crippen molar-refractivity contribution in [1.29, 1.82) is 0 Å². The average molecular weight is 242 g/mol. The molecule has 2 atom stereocenters. The lowest BCUT2D eigenvalue weighted by Crippen LogP contribution is -2.61. The third kappa shape index (κ3) is 1.23. The van der Waals surface area contributed by atoms with Gasteiger partial charge in [0.2, 0.25) is 0 Å². The number of fused-ring (bicyclic) bond motifs is 1. The monoisotopic (exact) mass is 242 g/mol. The molecular weight excluding hydrogens is 228 g/mol. The van der Waals surface area contributed by atoms with Crippen LogP contribution in [0.2, 0.25) is 0 Å². The largest absolute Gasteiger partial charge is 0.468 e. The zero-order valence-corrected chi connectivity index (χ0v) is 9.94. The third-order valence-corrected chi connectivity index (χ3v) is 3.79. The van der Waals surface area contributed by atoms with Crippen molar-refractivity contribution in [3.05, 3.63) is 0 Å². The predicted molar refractivity (Wildman–Crippen MR) is 53.7 cm³/mol. The van der Waals surface area contributed by atoms with Crippen molar-refractivity contribution in [2.24, 2.45) is 11.3 Å². The Hall–Kier alpha value is -1.59. The number of methoxy groups -OCH3 is 2. The molecule has 0 aromatic rings. The van der Waals surface area contributed by atoms with Gasteiger partial charge in [-0.15, -0.1) is 0 Å². The van der Waals surface area contributed by atoms with Crippen LogP contribution in [0.4, 0.5) is 0 Å². The molecule has 1 aliphatic carbocycles. The Morgan fingerprint density at radius 3 is 2.18 bits per heavy atom. The summed E-state index contributed by atoms with van der Waals surface area (Å²) in [6.07, 6.45) is 0.660. The summed E-state index contributed by atoms with van der Waals surface area (Å²) >= 11 is 0. The fourth-order valence-corrected chi connectivity index (χ4v) is 2.93. The molecule has 0 unspecified atom stereocenters. The van der Waals surface area contributed by atoms with E-state index in [9.17, 15) is 14.4 Å². The molecule has 0 radical (unpaired) electrons. The van der Waals surface area contributed by atoms with Gasteiger partial charge in [0.25, 0.3) is 0 Å². The summed E-state index contributed by atoms with van der Waals surface area (Å²) in [4.78, 5) is 35.3. The Bertz CT molecular complexity index is 385. The first-order valence-corrected chi connectivity index (χ1v) is 5.32. The van der Waals surface area contributed by atoms with E-state index >= 15 is 0 Å². The predicted octanol–water partition coefficient (Wildman–Crippen LogP) is 0.0443. The maximum atomic E-state index is 11.9. The van der Waals surface area contributed by atoms with Crippen LogP contribution < -0.4 is 0 Å². The lowest BCUT2D eigenvalue weighted by molar-refractivity contribution is -0.219. The van der Waals surface area contributed by atoms with E-state index in [0.717, 1.165) is 0 Å². The maximum Gasteiger partial charge on any atom is 0.324 e. The van der Waals surface area contributed by atoms with Crippen LogP contribution in [-0.4, -0.2) is 37.7 Å². The smallest absolute Gasteiger partial charge is 0.324 e. The summed E-state index contributed by atoms with van der Waals surface area (Å²) < 4.78 is 14.4. The second-order valence-corrected chi connectivity index (χ2v) is 4.62. The molecule has 2 fully saturated rings. The molecule has 1 saturated heterocycles. The van der Waals surface area contributed by atoms with E-state index < -0.39 is 34.8 Å². The second-order valence-electron chi connectivity index (χ2n) is 4.62. The number of esters is 3. The molecule has 1 saturated carbocycles. The Morgan fingerprint density at radius 2 is 1.76 bits per heavy atom. The summed E-state index contributed by atoms with van der Waals surface area (Å²) in [5.74, 6) is -2.79. The van der Waals surface area contributed by atoms with Crippen molar-refractivity contribution in [1.82, 2.24) is 0 Å². The SMILES string of the molecule is COC(=O)C1(C(=O)OC)CC[C@]2(C)OC(=O)[C@H]12. The van der Waals surface area contributed by atoms with Gasteiger partial charge in [-0.3, -0.25) is 14.4 Å². The highest BCUT2D eigenvalue weighted by molar-refractivity contribution is 6.06. The van der Waals surface area contributed by atoms with Crippen LogP contribution in [0.15, 0.2) is 0 Å². The minimum absolute atomic E-state index is 0.208. The van der Waals surface area contributed by atoms with Crippen molar-refractivity contribution in [3.63, 3.8) is 0 Å². The van der Waals surface area contributed by atoms with Crippen molar-refractivity contribution < 1.29 is 28.6 Å². The first kappa shape index (κ1) is 11.9. The summed E-state index contributed by atoms with van der Waals surface area (Å²) in [7, 11) is 2.37. The van der Waals surface area contributed by atoms with E-state index in [4.69, 9.17) is 4.74 Å². The molecule has 6 heteroatoms. The quantitative estimate of drug-likeness (QED) is 0.386. The standard InChI is InChI=1S/C11H14O6/c1-10-4-5-11(8(13)15-2,9(14)16-3)6(10)7(12)17-10/h6H,4-5H2,1-3H3/t6-,10-/m0/s1. The van der Waals surface area contributed by atoms with Gasteiger partial charge in [0.15, 0.2) is 5.41 Å². The molecule has 1 heterocycles. The van der Waals surface area contributed by atoms with Crippen LogP contribution in [0, 0.1) is 11.3 Å². The van der Waals surface area contributed by atoms with Crippen molar-refractivity contribution in [3.8, 4) is 0 Å². The van der Waals surface area contributed by atoms with Crippen LogP contribution in [0.1, 0.15) is 19.8 Å². The van der Waals surface area contributed by atoms with Crippen molar-refractivity contribution >= 4 is 17.9 Å². The molecule has 0 N–H and O–H groups in total. The Morgan fingerprint density at radius 1 is 1.24 bits per heavy atom. The second kappa shape index (κ2) is 3.45. The van der Waals surface area contributed by atoms with Gasteiger partial charge in [0.05, 0.1) is 14.2 Å². The Labute approximate surface area is 98.2 Å². The first-order chi connectivity index (χ1) is 7.92. The van der Waals surface area contributed by atoms with Crippen LogP contribution in [-0.2, 0) is 28.6 Å². The lowest BCUT2D eigenvalue weighted by Gasteiger charge is -2.44. The highest BCUT2D eigenvalue weighted by atomic mass is 16.6. The Balaban J connectivity index is 2.46. The van der Waals surface area contributed by atoms with Gasteiger partial charge in [0.1, 0.15) is 11.5 Å². The van der Waals surface area contributed by atoms with Gasteiger partial charge in [0, 0.05) is 0 Å². The molecule has 0 spiro atoms. The fourth-order valence-electron chi connectivity index (χ4n) is 2.93. The van der Waals surface area contributed by atoms with E-state index in [1.807, 2.05) is 0 Å². The third-order valence-electron chi connectivity index (χ3n) is 3.79. The van der Waals surface area contributed by atoms with Gasteiger partial charge in [-0.1, -0.05) is 0 Å². The van der Waals surface area contributed by atoms with Gasteiger partial charge in [-0.2, -0.15) is 0 Å². The van der Waals surface area contributed by atoms with Gasteiger partial charge in [-0.05, 0) is 19.8 Å². The molecule has 0 aromatic carbocycles. The number of carbonyl (C=O) groups is 3. The van der Waals surface area contributed by atoms with Crippen LogP contribution in [0.5, 0.6) is 0 Å². The van der Waals surface area contributed by atoms with E-state index in [1.165, 1.54) is 14.2 Å². The molecule has 2 rings (SSSR count). The average Bonchev–Trinajstić information content (AvgIpc) is 2.56. The molecule has 0 amide bonds. The maximum absolute atomic E-state index is 11.9. The molecule has 94 valence electrons. The van der Waals surface area contributed by atoms with Crippen molar-refractivity contribution in [2.45, 2.75) is 25.4 Å². The highest BCUT2D eigenvalue weighted by Gasteiger charge is 2.74. The van der Waals surface area contributed by atoms with E-state index in [0.29, 0.717) is 6.42 Å². The molecule has 0 aromatic heterocycles. The lowest BCUT2D eigenvalue weighted by atomic mass is 9.71. The van der Waals surface area contributed by atoms with Crippen molar-refractivity contribution in [2.75, 3.05) is 14.2 Å². The van der Waals surface area contributed by atoms with E-state index in [1.54, 1.807) is 6.92 Å². The topological polar surface area (TPSA) is 78.9 Å². The normalized spacial score (nSPS) is 33.1. The van der Waals surface area contributed by atoms with E-state index in [2.05, 4.69) is 9.47 Å². The fraction of sp³-hybridized carbons (Fsp3) is 0.727. The Kier molecular flexibility index (Phi) is 2.41. The minimum Gasteiger partial charge on any atom is -0.468 e. The van der Waals surface area contributed by atoms with Gasteiger partial charge >= 0.3 is 17.9 Å². The van der Waals surface area contributed by atoms with Gasteiger partial charge < -0.3 is 14.2 Å². The molecule has 2 aliphatic rings. The van der Waals surface area contributed by atoms with Crippen LogP contribution >= 0.6 is 0 Å². The zero-order chi connectivity index (χ0) is 12.8. The zero-order valence-electron chi connectivity index (χ0n) is 9.94. The number of carbonyl (C=O) groups excluding carboxylic acids is 3.